The van der Waals surface area contributed by atoms with E-state index in [0.29, 0.717) is 13.0 Å². The molecule has 0 bridgehead atoms. The minimum absolute atomic E-state index is 0.0671. The van der Waals surface area contributed by atoms with Gasteiger partial charge in [0.15, 0.2) is 5.78 Å². The van der Waals surface area contributed by atoms with E-state index >= 15 is 0 Å². The summed E-state index contributed by atoms with van der Waals surface area (Å²) in [5.74, 6) is 0.805. The first-order chi connectivity index (χ1) is 10.9. The van der Waals surface area contributed by atoms with E-state index in [0.717, 1.165) is 25.0 Å². The Morgan fingerprint density at radius 2 is 1.74 bits per heavy atom. The topological polar surface area (TPSA) is 35.5 Å². The highest BCUT2D eigenvalue weighted by atomic mass is 16.5. The monoisotopic (exact) mass is 318 g/mol. The Morgan fingerprint density at radius 1 is 1.13 bits per heavy atom. The number of hydrogen-bond donors (Lipinski definition) is 0. The zero-order valence-electron chi connectivity index (χ0n) is 14.9. The Bertz CT molecular complexity index is 491. The summed E-state index contributed by atoms with van der Waals surface area (Å²) in [6, 6.07) is 9.86. The van der Waals surface area contributed by atoms with Crippen molar-refractivity contribution in [3.8, 4) is 5.75 Å². The van der Waals surface area contributed by atoms with Gasteiger partial charge in [-0.25, -0.2) is 0 Å². The van der Waals surface area contributed by atoms with Crippen molar-refractivity contribution in [3.63, 3.8) is 0 Å². The summed E-state index contributed by atoms with van der Waals surface area (Å²) in [4.78, 5) is 12.0. The van der Waals surface area contributed by atoms with Crippen LogP contribution in [0.15, 0.2) is 43.0 Å². The van der Waals surface area contributed by atoms with Crippen LogP contribution in [-0.2, 0) is 9.53 Å². The number of para-hydroxylation sites is 1. The van der Waals surface area contributed by atoms with Crippen molar-refractivity contribution in [1.82, 2.24) is 0 Å². The Labute approximate surface area is 140 Å². The number of ether oxygens (including phenoxy) is 2. The third-order valence-electron chi connectivity index (χ3n) is 4.73. The molecule has 0 aromatic heterocycles. The fourth-order valence-corrected chi connectivity index (χ4v) is 2.56. The summed E-state index contributed by atoms with van der Waals surface area (Å²) >= 11 is 0. The average molecular weight is 318 g/mol. The zero-order chi connectivity index (χ0) is 17.3. The van der Waals surface area contributed by atoms with Crippen molar-refractivity contribution in [2.24, 2.45) is 0 Å². The van der Waals surface area contributed by atoms with Gasteiger partial charge < -0.3 is 9.47 Å². The first-order valence-electron chi connectivity index (χ1n) is 8.50. The van der Waals surface area contributed by atoms with Crippen LogP contribution < -0.4 is 4.74 Å². The largest absolute Gasteiger partial charge is 0.487 e. The van der Waals surface area contributed by atoms with E-state index in [1.165, 1.54) is 6.08 Å². The second kappa shape index (κ2) is 8.88. The van der Waals surface area contributed by atoms with Crippen molar-refractivity contribution in [1.29, 1.82) is 0 Å². The molecular formula is C20H30O3. The zero-order valence-corrected chi connectivity index (χ0v) is 14.9. The van der Waals surface area contributed by atoms with Gasteiger partial charge in [0.1, 0.15) is 17.0 Å². The minimum atomic E-state index is -0.790. The Balaban J connectivity index is 2.73. The van der Waals surface area contributed by atoms with E-state index in [2.05, 4.69) is 20.4 Å². The Morgan fingerprint density at radius 3 is 2.22 bits per heavy atom. The molecule has 1 atom stereocenters. The fraction of sp³-hybridized carbons (Fsp3) is 0.550. The first kappa shape index (κ1) is 19.4. The predicted octanol–water partition coefficient (Wildman–Crippen LogP) is 4.95. The first-order valence-corrected chi connectivity index (χ1v) is 8.50. The number of benzene rings is 1. The lowest BCUT2D eigenvalue weighted by Crippen LogP contribution is -2.40. The van der Waals surface area contributed by atoms with Gasteiger partial charge in [-0.15, -0.1) is 0 Å². The highest BCUT2D eigenvalue weighted by molar-refractivity contribution is 5.96. The van der Waals surface area contributed by atoms with Crippen LogP contribution in [0.3, 0.4) is 0 Å². The van der Waals surface area contributed by atoms with Crippen LogP contribution in [0.25, 0.3) is 0 Å². The normalized spacial score (nSPS) is 14.1. The lowest BCUT2D eigenvalue weighted by atomic mass is 9.92. The van der Waals surface area contributed by atoms with Crippen LogP contribution in [0, 0.1) is 0 Å². The van der Waals surface area contributed by atoms with Crippen LogP contribution in [0.4, 0.5) is 0 Å². The standard InChI is InChI=1S/C20H30O3/c1-6-18(21)19(5,7-2)22-16-15-20(8-3,9-4)23-17-13-11-10-12-14-17/h6,10-14H,1,7-9,15-16H2,2-5H3. The van der Waals surface area contributed by atoms with E-state index in [4.69, 9.17) is 9.47 Å². The lowest BCUT2D eigenvalue weighted by molar-refractivity contribution is -0.139. The van der Waals surface area contributed by atoms with E-state index in [-0.39, 0.29) is 11.4 Å². The number of rotatable bonds is 11. The van der Waals surface area contributed by atoms with Crippen LogP contribution in [0.5, 0.6) is 5.75 Å². The Hall–Kier alpha value is -1.61. The lowest BCUT2D eigenvalue weighted by Gasteiger charge is -2.34. The van der Waals surface area contributed by atoms with E-state index in [1.807, 2.05) is 44.2 Å². The SMILES string of the molecule is C=CC(=O)C(C)(CC)OCCC(CC)(CC)Oc1ccccc1. The summed E-state index contributed by atoms with van der Waals surface area (Å²) in [6.07, 6.45) is 4.49. The summed E-state index contributed by atoms with van der Waals surface area (Å²) in [5.41, 5.74) is -1.06. The van der Waals surface area contributed by atoms with Crippen molar-refractivity contribution in [3.05, 3.63) is 43.0 Å². The molecule has 0 fully saturated rings. The minimum Gasteiger partial charge on any atom is -0.487 e. The van der Waals surface area contributed by atoms with Gasteiger partial charge in [-0.05, 0) is 44.4 Å². The molecule has 0 aliphatic rings. The molecule has 3 nitrogen and oxygen atoms in total. The third-order valence-corrected chi connectivity index (χ3v) is 4.73. The number of carbonyl (C=O) groups is 1. The van der Waals surface area contributed by atoms with Crippen molar-refractivity contribution in [2.45, 2.75) is 64.6 Å². The van der Waals surface area contributed by atoms with Crippen molar-refractivity contribution in [2.75, 3.05) is 6.61 Å². The van der Waals surface area contributed by atoms with Gasteiger partial charge in [0.2, 0.25) is 0 Å². The maximum Gasteiger partial charge on any atom is 0.186 e. The molecule has 0 aliphatic carbocycles. The second-order valence-electron chi connectivity index (χ2n) is 6.06. The van der Waals surface area contributed by atoms with E-state index in [1.54, 1.807) is 0 Å². The molecule has 1 rings (SSSR count). The van der Waals surface area contributed by atoms with Gasteiger partial charge in [0.05, 0.1) is 6.61 Å². The molecule has 0 saturated carbocycles. The molecule has 1 aromatic carbocycles. The van der Waals surface area contributed by atoms with Gasteiger partial charge in [0.25, 0.3) is 0 Å². The number of carbonyl (C=O) groups excluding carboxylic acids is 1. The Kier molecular flexibility index (Phi) is 7.50. The summed E-state index contributed by atoms with van der Waals surface area (Å²) in [6.45, 7) is 12.1. The molecule has 3 heteroatoms. The maximum atomic E-state index is 12.0. The van der Waals surface area contributed by atoms with Gasteiger partial charge in [-0.1, -0.05) is 45.5 Å². The molecule has 0 heterocycles. The molecule has 0 amide bonds. The number of ketones is 1. The number of hydrogen-bond acceptors (Lipinski definition) is 3. The van der Waals surface area contributed by atoms with Crippen molar-refractivity contribution < 1.29 is 14.3 Å². The average Bonchev–Trinajstić information content (AvgIpc) is 2.60. The fourth-order valence-electron chi connectivity index (χ4n) is 2.56. The molecule has 0 aliphatic heterocycles. The highest BCUT2D eigenvalue weighted by Gasteiger charge is 2.33. The molecule has 0 radical (unpaired) electrons. The smallest absolute Gasteiger partial charge is 0.186 e. The summed E-state index contributed by atoms with van der Waals surface area (Å²) < 4.78 is 12.2. The van der Waals surface area contributed by atoms with E-state index in [9.17, 15) is 4.79 Å². The van der Waals surface area contributed by atoms with Gasteiger partial charge in [-0.2, -0.15) is 0 Å². The third kappa shape index (κ3) is 5.21. The van der Waals surface area contributed by atoms with Gasteiger partial charge >= 0.3 is 0 Å². The molecule has 128 valence electrons. The van der Waals surface area contributed by atoms with Crippen LogP contribution >= 0.6 is 0 Å². The van der Waals surface area contributed by atoms with Gasteiger partial charge in [-0.3, -0.25) is 4.79 Å². The molecular weight excluding hydrogens is 288 g/mol. The van der Waals surface area contributed by atoms with E-state index < -0.39 is 5.60 Å². The van der Waals surface area contributed by atoms with Crippen LogP contribution in [0.1, 0.15) is 53.4 Å². The molecule has 1 aromatic rings. The van der Waals surface area contributed by atoms with Crippen LogP contribution in [0.2, 0.25) is 0 Å². The molecule has 0 spiro atoms. The molecule has 0 saturated heterocycles. The van der Waals surface area contributed by atoms with Crippen LogP contribution in [-0.4, -0.2) is 23.6 Å². The van der Waals surface area contributed by atoms with Crippen molar-refractivity contribution >= 4 is 5.78 Å². The molecule has 0 N–H and O–H groups in total. The summed E-state index contributed by atoms with van der Waals surface area (Å²) in [5, 5.41) is 0. The quantitative estimate of drug-likeness (QED) is 0.541. The van der Waals surface area contributed by atoms with Gasteiger partial charge in [0, 0.05) is 6.42 Å². The summed E-state index contributed by atoms with van der Waals surface area (Å²) in [7, 11) is 0. The second-order valence-corrected chi connectivity index (χ2v) is 6.06. The maximum absolute atomic E-state index is 12.0. The molecule has 1 unspecified atom stereocenters. The highest BCUT2D eigenvalue weighted by Crippen LogP contribution is 2.29. The molecule has 23 heavy (non-hydrogen) atoms. The predicted molar refractivity (Wildman–Crippen MR) is 94.9 cm³/mol.